The third kappa shape index (κ3) is 1.37. The van der Waals surface area contributed by atoms with E-state index < -0.39 is 0 Å². The van der Waals surface area contributed by atoms with Crippen LogP contribution in [0, 0.1) is 6.92 Å². The summed E-state index contributed by atoms with van der Waals surface area (Å²) in [5, 5.41) is 5.55. The topological polar surface area (TPSA) is 53.1 Å². The first kappa shape index (κ1) is 9.98. The molecule has 4 nitrogen and oxygen atoms in total. The second-order valence-electron chi connectivity index (χ2n) is 3.57. The van der Waals surface area contributed by atoms with Gasteiger partial charge in [-0.3, -0.25) is 4.68 Å². The van der Waals surface area contributed by atoms with Crippen molar-refractivity contribution in [2.45, 2.75) is 13.5 Å². The highest BCUT2D eigenvalue weighted by atomic mass is 16.5. The largest absolute Gasteiger partial charge is 0.494 e. The lowest BCUT2D eigenvalue weighted by Gasteiger charge is -2.06. The summed E-state index contributed by atoms with van der Waals surface area (Å²) in [6.07, 6.45) is 0. The number of rotatable bonds is 2. The number of ether oxygens (including phenoxy) is 1. The minimum absolute atomic E-state index is 0.467. The molecule has 4 heteroatoms. The van der Waals surface area contributed by atoms with Crippen molar-refractivity contribution in [3.8, 4) is 5.75 Å². The van der Waals surface area contributed by atoms with Crippen molar-refractivity contribution < 1.29 is 4.74 Å². The zero-order chi connectivity index (χ0) is 11.0. The number of hydrogen-bond acceptors (Lipinski definition) is 3. The first-order valence-corrected chi connectivity index (χ1v) is 4.88. The Morgan fingerprint density at radius 3 is 2.80 bits per heavy atom. The molecule has 2 rings (SSSR count). The average molecular weight is 205 g/mol. The normalized spacial score (nSPS) is 10.9. The van der Waals surface area contributed by atoms with Crippen molar-refractivity contribution in [3.05, 3.63) is 23.4 Å². The number of methoxy groups -OCH3 is 1. The Morgan fingerprint density at radius 2 is 2.20 bits per heavy atom. The third-order valence-corrected chi connectivity index (χ3v) is 2.76. The lowest BCUT2D eigenvalue weighted by atomic mass is 10.1. The van der Waals surface area contributed by atoms with Crippen molar-refractivity contribution in [3.63, 3.8) is 0 Å². The van der Waals surface area contributed by atoms with Crippen molar-refractivity contribution >= 4 is 10.9 Å². The molecular formula is C11H15N3O. The van der Waals surface area contributed by atoms with E-state index in [0.717, 1.165) is 27.9 Å². The maximum atomic E-state index is 5.65. The molecule has 2 aromatic rings. The highest BCUT2D eigenvalue weighted by molar-refractivity contribution is 5.88. The molecular weight excluding hydrogens is 190 g/mol. The van der Waals surface area contributed by atoms with Gasteiger partial charge in [0.05, 0.1) is 7.11 Å². The van der Waals surface area contributed by atoms with Crippen molar-refractivity contribution in [1.29, 1.82) is 0 Å². The molecule has 0 spiro atoms. The van der Waals surface area contributed by atoms with E-state index in [1.165, 1.54) is 0 Å². The Kier molecular flexibility index (Phi) is 2.36. The predicted molar refractivity (Wildman–Crippen MR) is 59.9 cm³/mol. The van der Waals surface area contributed by atoms with E-state index >= 15 is 0 Å². The lowest BCUT2D eigenvalue weighted by Crippen LogP contribution is -2.00. The Hall–Kier alpha value is -1.55. The molecule has 0 aliphatic carbocycles. The minimum atomic E-state index is 0.467. The molecule has 0 unspecified atom stereocenters. The van der Waals surface area contributed by atoms with Crippen LogP contribution in [0.25, 0.3) is 10.9 Å². The van der Waals surface area contributed by atoms with E-state index in [2.05, 4.69) is 5.10 Å². The number of aromatic nitrogens is 2. The summed E-state index contributed by atoms with van der Waals surface area (Å²) in [5.41, 5.74) is 8.66. The van der Waals surface area contributed by atoms with E-state index in [0.29, 0.717) is 6.54 Å². The van der Waals surface area contributed by atoms with Crippen LogP contribution < -0.4 is 10.5 Å². The quantitative estimate of drug-likeness (QED) is 0.805. The van der Waals surface area contributed by atoms with E-state index in [4.69, 9.17) is 10.5 Å². The van der Waals surface area contributed by atoms with E-state index in [-0.39, 0.29) is 0 Å². The Morgan fingerprint density at radius 1 is 1.47 bits per heavy atom. The van der Waals surface area contributed by atoms with Crippen LogP contribution in [-0.4, -0.2) is 16.9 Å². The molecule has 15 heavy (non-hydrogen) atoms. The van der Waals surface area contributed by atoms with Gasteiger partial charge in [0.25, 0.3) is 0 Å². The van der Waals surface area contributed by atoms with Gasteiger partial charge >= 0.3 is 0 Å². The van der Waals surface area contributed by atoms with Gasteiger partial charge in [0.15, 0.2) is 5.75 Å². The zero-order valence-electron chi connectivity index (χ0n) is 9.24. The molecule has 0 radical (unpaired) electrons. The molecule has 80 valence electrons. The molecule has 2 N–H and O–H groups in total. The molecule has 0 fully saturated rings. The fourth-order valence-electron chi connectivity index (χ4n) is 1.79. The molecule has 0 aliphatic heterocycles. The predicted octanol–water partition coefficient (Wildman–Crippen LogP) is 1.35. The van der Waals surface area contributed by atoms with E-state index in [1.54, 1.807) is 7.11 Å². The second-order valence-corrected chi connectivity index (χ2v) is 3.57. The van der Waals surface area contributed by atoms with Crippen LogP contribution in [0.2, 0.25) is 0 Å². The fourth-order valence-corrected chi connectivity index (χ4v) is 1.79. The Labute approximate surface area is 88.6 Å². The van der Waals surface area contributed by atoms with Crippen LogP contribution in [-0.2, 0) is 13.6 Å². The molecule has 1 aromatic heterocycles. The molecule has 0 saturated heterocycles. The van der Waals surface area contributed by atoms with Gasteiger partial charge in [0.2, 0.25) is 0 Å². The standard InChI is InChI=1S/C11H15N3O/c1-7-9-5-4-8(6-12)11(15-3)10(9)13-14(7)2/h4-5H,6,12H2,1-3H3. The van der Waals surface area contributed by atoms with Crippen molar-refractivity contribution in [1.82, 2.24) is 9.78 Å². The van der Waals surface area contributed by atoms with Crippen molar-refractivity contribution in [2.24, 2.45) is 12.8 Å². The van der Waals surface area contributed by atoms with Gasteiger partial charge in [-0.1, -0.05) is 12.1 Å². The molecule has 0 atom stereocenters. The minimum Gasteiger partial charge on any atom is -0.494 e. The highest BCUT2D eigenvalue weighted by Crippen LogP contribution is 2.30. The number of aryl methyl sites for hydroxylation is 2. The van der Waals surface area contributed by atoms with Crippen LogP contribution in [0.15, 0.2) is 12.1 Å². The molecule has 0 amide bonds. The van der Waals surface area contributed by atoms with Gasteiger partial charge in [-0.25, -0.2) is 0 Å². The molecule has 1 aromatic carbocycles. The number of fused-ring (bicyclic) bond motifs is 1. The number of benzene rings is 1. The summed E-state index contributed by atoms with van der Waals surface area (Å²) in [4.78, 5) is 0. The van der Waals surface area contributed by atoms with Gasteiger partial charge < -0.3 is 10.5 Å². The summed E-state index contributed by atoms with van der Waals surface area (Å²) in [5.74, 6) is 0.790. The summed E-state index contributed by atoms with van der Waals surface area (Å²) in [7, 11) is 3.58. The van der Waals surface area contributed by atoms with Gasteiger partial charge in [-0.05, 0) is 6.92 Å². The number of nitrogens with two attached hydrogens (primary N) is 1. The second kappa shape index (κ2) is 3.55. The smallest absolute Gasteiger partial charge is 0.151 e. The van der Waals surface area contributed by atoms with Gasteiger partial charge in [0.1, 0.15) is 5.52 Å². The van der Waals surface area contributed by atoms with Gasteiger partial charge in [-0.15, -0.1) is 0 Å². The maximum Gasteiger partial charge on any atom is 0.151 e. The third-order valence-electron chi connectivity index (χ3n) is 2.76. The lowest BCUT2D eigenvalue weighted by molar-refractivity contribution is 0.413. The van der Waals surface area contributed by atoms with Crippen LogP contribution in [0.4, 0.5) is 0 Å². The zero-order valence-corrected chi connectivity index (χ0v) is 9.24. The SMILES string of the molecule is COc1c(CN)ccc2c(C)n(C)nc12. The first-order valence-electron chi connectivity index (χ1n) is 4.88. The maximum absolute atomic E-state index is 5.65. The van der Waals surface area contributed by atoms with Crippen molar-refractivity contribution in [2.75, 3.05) is 7.11 Å². The summed E-state index contributed by atoms with van der Waals surface area (Å²) in [6, 6.07) is 4.04. The van der Waals surface area contributed by atoms with Gasteiger partial charge in [0, 0.05) is 30.2 Å². The van der Waals surface area contributed by atoms with Crippen LogP contribution >= 0.6 is 0 Å². The number of hydrogen-bond donors (Lipinski definition) is 1. The highest BCUT2D eigenvalue weighted by Gasteiger charge is 2.12. The van der Waals surface area contributed by atoms with E-state index in [1.807, 2.05) is 30.8 Å². The number of nitrogens with zero attached hydrogens (tertiary/aromatic N) is 2. The Bertz CT molecular complexity index is 502. The van der Waals surface area contributed by atoms with Crippen LogP contribution in [0.3, 0.4) is 0 Å². The first-order chi connectivity index (χ1) is 7.19. The van der Waals surface area contributed by atoms with Crippen LogP contribution in [0.5, 0.6) is 5.75 Å². The molecule has 0 aliphatic rings. The summed E-state index contributed by atoms with van der Waals surface area (Å²) >= 11 is 0. The van der Waals surface area contributed by atoms with Gasteiger partial charge in [-0.2, -0.15) is 5.10 Å². The van der Waals surface area contributed by atoms with Crippen LogP contribution in [0.1, 0.15) is 11.3 Å². The molecule has 0 saturated carbocycles. The summed E-state index contributed by atoms with van der Waals surface area (Å²) < 4.78 is 7.22. The molecule has 1 heterocycles. The Balaban J connectivity index is 2.82. The molecule has 0 bridgehead atoms. The fraction of sp³-hybridized carbons (Fsp3) is 0.364. The summed E-state index contributed by atoms with van der Waals surface area (Å²) in [6.45, 7) is 2.51. The monoisotopic (exact) mass is 205 g/mol. The van der Waals surface area contributed by atoms with E-state index in [9.17, 15) is 0 Å². The average Bonchev–Trinajstić information content (AvgIpc) is 2.54.